The van der Waals surface area contributed by atoms with E-state index in [1.54, 1.807) is 11.9 Å². The zero-order valence-electron chi connectivity index (χ0n) is 4.71. The minimum Gasteiger partial charge on any atom is -0.239 e. The van der Waals surface area contributed by atoms with Gasteiger partial charge in [-0.2, -0.15) is 0 Å². The lowest BCUT2D eigenvalue weighted by Crippen LogP contribution is -2.10. The van der Waals surface area contributed by atoms with Crippen molar-refractivity contribution in [3.63, 3.8) is 0 Å². The van der Waals surface area contributed by atoms with Crippen LogP contribution in [0, 0.1) is 0 Å². The van der Waals surface area contributed by atoms with Gasteiger partial charge in [0.1, 0.15) is 0 Å². The molecule has 0 unspecified atom stereocenters. The topological polar surface area (TPSA) is 3.24 Å². The van der Waals surface area contributed by atoms with Crippen LogP contribution in [-0.4, -0.2) is 17.4 Å². The first-order chi connectivity index (χ1) is 3.93. The van der Waals surface area contributed by atoms with Gasteiger partial charge in [0.05, 0.1) is 0 Å². The Bertz CT molecular complexity index is 101. The van der Waals surface area contributed by atoms with Gasteiger partial charge in [0.15, 0.2) is 0 Å². The van der Waals surface area contributed by atoms with Crippen LogP contribution in [0.15, 0.2) is 24.1 Å². The highest BCUT2D eigenvalue weighted by atomic mass is 32.2. The average molecular weight is 127 g/mol. The molecule has 1 aliphatic rings. The van der Waals surface area contributed by atoms with Crippen molar-refractivity contribution >= 4 is 11.9 Å². The zero-order valence-corrected chi connectivity index (χ0v) is 5.53. The van der Waals surface area contributed by atoms with Gasteiger partial charge in [-0.25, -0.2) is 4.31 Å². The first kappa shape index (κ1) is 5.92. The van der Waals surface area contributed by atoms with Crippen molar-refractivity contribution in [2.24, 2.45) is 0 Å². The molecule has 0 saturated carbocycles. The predicted octanol–water partition coefficient (Wildman–Crippen LogP) is 1.65. The summed E-state index contributed by atoms with van der Waals surface area (Å²) < 4.78 is 2.23. The highest BCUT2D eigenvalue weighted by Gasteiger charge is 2.02. The fraction of sp³-hybridized carbons (Fsp3) is 0.333. The summed E-state index contributed by atoms with van der Waals surface area (Å²) in [5, 5.41) is 2.10. The van der Waals surface area contributed by atoms with Crippen LogP contribution in [0.4, 0.5) is 0 Å². The largest absolute Gasteiger partial charge is 0.239 e. The van der Waals surface area contributed by atoms with Crippen molar-refractivity contribution in [1.82, 2.24) is 4.31 Å². The Morgan fingerprint density at radius 2 is 2.75 bits per heavy atom. The summed E-state index contributed by atoms with van der Waals surface area (Å²) in [6, 6.07) is 0. The molecule has 1 nitrogen and oxygen atoms in total. The van der Waals surface area contributed by atoms with Crippen LogP contribution in [-0.2, 0) is 0 Å². The molecule has 0 spiro atoms. The minimum atomic E-state index is 0.984. The van der Waals surface area contributed by atoms with Crippen molar-refractivity contribution in [2.45, 2.75) is 0 Å². The van der Waals surface area contributed by atoms with Crippen LogP contribution in [0.3, 0.4) is 0 Å². The molecule has 0 bridgehead atoms. The molecule has 0 saturated heterocycles. The number of hydrogen-bond donors (Lipinski definition) is 0. The Kier molecular flexibility index (Phi) is 2.18. The van der Waals surface area contributed by atoms with Gasteiger partial charge in [0, 0.05) is 13.1 Å². The fourth-order valence-corrected chi connectivity index (χ4v) is 1.30. The van der Waals surface area contributed by atoms with Crippen molar-refractivity contribution in [1.29, 1.82) is 0 Å². The van der Waals surface area contributed by atoms with Crippen LogP contribution in [0.1, 0.15) is 0 Å². The summed E-state index contributed by atoms with van der Waals surface area (Å²) in [5.74, 6) is 0. The molecule has 0 aromatic rings. The van der Waals surface area contributed by atoms with E-state index >= 15 is 0 Å². The normalized spacial score (nSPS) is 19.5. The highest BCUT2D eigenvalue weighted by Crippen LogP contribution is 2.16. The van der Waals surface area contributed by atoms with Gasteiger partial charge in [0.25, 0.3) is 0 Å². The number of rotatable bonds is 2. The van der Waals surface area contributed by atoms with Crippen LogP contribution < -0.4 is 0 Å². The Morgan fingerprint density at radius 1 is 1.88 bits per heavy atom. The van der Waals surface area contributed by atoms with Gasteiger partial charge in [-0.3, -0.25) is 0 Å². The Hall–Kier alpha value is -0.210. The Labute approximate surface area is 54.2 Å². The quantitative estimate of drug-likeness (QED) is 0.410. The van der Waals surface area contributed by atoms with E-state index in [-0.39, 0.29) is 0 Å². The minimum absolute atomic E-state index is 0.984. The van der Waals surface area contributed by atoms with Crippen LogP contribution in [0.25, 0.3) is 0 Å². The van der Waals surface area contributed by atoms with Gasteiger partial charge < -0.3 is 0 Å². The molecule has 8 heavy (non-hydrogen) atoms. The maximum Gasteiger partial charge on any atom is 0.0285 e. The Balaban J connectivity index is 2.19. The molecule has 44 valence electrons. The second-order valence-electron chi connectivity index (χ2n) is 1.61. The molecular weight excluding hydrogens is 118 g/mol. The fourth-order valence-electron chi connectivity index (χ4n) is 0.594. The molecular formula is C6H9NS. The predicted molar refractivity (Wildman–Crippen MR) is 38.5 cm³/mol. The second-order valence-corrected chi connectivity index (χ2v) is 2.61. The van der Waals surface area contributed by atoms with Crippen molar-refractivity contribution in [3.8, 4) is 0 Å². The van der Waals surface area contributed by atoms with E-state index in [1.807, 2.05) is 6.08 Å². The molecule has 0 aromatic carbocycles. The van der Waals surface area contributed by atoms with E-state index in [0.29, 0.717) is 0 Å². The van der Waals surface area contributed by atoms with Crippen LogP contribution >= 0.6 is 11.9 Å². The molecule has 0 aliphatic carbocycles. The summed E-state index contributed by atoms with van der Waals surface area (Å²) in [7, 11) is 0. The molecule has 1 aliphatic heterocycles. The van der Waals surface area contributed by atoms with E-state index in [2.05, 4.69) is 22.4 Å². The summed E-state index contributed by atoms with van der Waals surface area (Å²) in [4.78, 5) is 0. The third-order valence-corrected chi connectivity index (χ3v) is 1.86. The molecule has 0 amide bonds. The smallest absolute Gasteiger partial charge is 0.0285 e. The summed E-state index contributed by atoms with van der Waals surface area (Å²) >= 11 is 1.75. The SMILES string of the molecule is C=CCN1CC=CS1. The second kappa shape index (κ2) is 2.95. The lowest BCUT2D eigenvalue weighted by atomic mass is 10.5. The maximum atomic E-state index is 3.64. The summed E-state index contributed by atoms with van der Waals surface area (Å²) in [6.07, 6.45) is 4.06. The molecule has 2 heteroatoms. The monoisotopic (exact) mass is 127 g/mol. The maximum absolute atomic E-state index is 3.64. The highest BCUT2D eigenvalue weighted by molar-refractivity contribution is 8.00. The van der Waals surface area contributed by atoms with Gasteiger partial charge >= 0.3 is 0 Å². The van der Waals surface area contributed by atoms with Gasteiger partial charge in [-0.15, -0.1) is 6.58 Å². The van der Waals surface area contributed by atoms with E-state index < -0.39 is 0 Å². The molecule has 1 rings (SSSR count). The van der Waals surface area contributed by atoms with Crippen molar-refractivity contribution in [3.05, 3.63) is 24.1 Å². The molecule has 0 fully saturated rings. The van der Waals surface area contributed by atoms with Crippen molar-refractivity contribution in [2.75, 3.05) is 13.1 Å². The van der Waals surface area contributed by atoms with E-state index in [0.717, 1.165) is 13.1 Å². The van der Waals surface area contributed by atoms with Gasteiger partial charge in [-0.1, -0.05) is 12.2 Å². The number of nitrogens with zero attached hydrogens (tertiary/aromatic N) is 1. The third-order valence-electron chi connectivity index (χ3n) is 0.948. The molecule has 0 N–H and O–H groups in total. The summed E-state index contributed by atoms with van der Waals surface area (Å²) in [5.41, 5.74) is 0. The van der Waals surface area contributed by atoms with Crippen LogP contribution in [0.2, 0.25) is 0 Å². The first-order valence-corrected chi connectivity index (χ1v) is 3.45. The first-order valence-electron chi connectivity index (χ1n) is 2.61. The van der Waals surface area contributed by atoms with Crippen LogP contribution in [0.5, 0.6) is 0 Å². The molecule has 0 aromatic heterocycles. The van der Waals surface area contributed by atoms with E-state index in [1.165, 1.54) is 0 Å². The lowest BCUT2D eigenvalue weighted by Gasteiger charge is -2.07. The van der Waals surface area contributed by atoms with Gasteiger partial charge in [-0.05, 0) is 17.4 Å². The summed E-state index contributed by atoms with van der Waals surface area (Å²) in [6.45, 7) is 5.69. The van der Waals surface area contributed by atoms with Gasteiger partial charge in [0.2, 0.25) is 0 Å². The third kappa shape index (κ3) is 1.39. The average Bonchev–Trinajstić information content (AvgIpc) is 2.19. The molecule has 1 heterocycles. The molecule has 0 radical (unpaired) electrons. The molecule has 0 atom stereocenters. The zero-order chi connectivity index (χ0) is 5.82. The standard InChI is InChI=1S/C6H9NS/c1-2-4-7-5-3-6-8-7/h2-3,6H,1,4-5H2. The van der Waals surface area contributed by atoms with Crippen molar-refractivity contribution < 1.29 is 0 Å². The van der Waals surface area contributed by atoms with E-state index in [9.17, 15) is 0 Å². The van der Waals surface area contributed by atoms with E-state index in [4.69, 9.17) is 0 Å². The number of hydrogen-bond acceptors (Lipinski definition) is 2. The Morgan fingerprint density at radius 3 is 3.25 bits per heavy atom. The lowest BCUT2D eigenvalue weighted by molar-refractivity contribution is 0.591.